The highest BCUT2D eigenvalue weighted by Crippen LogP contribution is 2.38. The second-order valence-corrected chi connectivity index (χ2v) is 8.37. The lowest BCUT2D eigenvalue weighted by Gasteiger charge is -2.42. The van der Waals surface area contributed by atoms with Gasteiger partial charge in [-0.1, -0.05) is 29.3 Å². The molecule has 1 aromatic heterocycles. The minimum absolute atomic E-state index is 0.175. The molecule has 4 nitrogen and oxygen atoms in total. The second-order valence-electron chi connectivity index (χ2n) is 5.84. The third kappa shape index (κ3) is 3.69. The third-order valence-corrected chi connectivity index (χ3v) is 6.30. The molecular formula is C16H16Cl2N2O2S. The summed E-state index contributed by atoms with van der Waals surface area (Å²) in [6.07, 6.45) is 6.00. The highest BCUT2D eigenvalue weighted by molar-refractivity contribution is 7.89. The van der Waals surface area contributed by atoms with Crippen molar-refractivity contribution in [1.29, 1.82) is 0 Å². The summed E-state index contributed by atoms with van der Waals surface area (Å²) in [6, 6.07) is 8.45. The Kier molecular flexibility index (Phi) is 4.65. The van der Waals surface area contributed by atoms with Gasteiger partial charge in [0.05, 0.1) is 0 Å². The van der Waals surface area contributed by atoms with E-state index in [1.165, 1.54) is 12.3 Å². The van der Waals surface area contributed by atoms with Crippen molar-refractivity contribution in [1.82, 2.24) is 9.71 Å². The second kappa shape index (κ2) is 6.40. The molecule has 0 bridgehead atoms. The van der Waals surface area contributed by atoms with Crippen LogP contribution in [0.3, 0.4) is 0 Å². The Bertz CT molecular complexity index is 806. The molecule has 3 rings (SSSR count). The topological polar surface area (TPSA) is 59.1 Å². The molecule has 0 saturated heterocycles. The van der Waals surface area contributed by atoms with E-state index in [2.05, 4.69) is 9.71 Å². The molecule has 0 amide bonds. The van der Waals surface area contributed by atoms with Crippen LogP contribution in [0.15, 0.2) is 47.6 Å². The molecule has 0 spiro atoms. The summed E-state index contributed by atoms with van der Waals surface area (Å²) in [4.78, 5) is 4.05. The third-order valence-electron chi connectivity index (χ3n) is 4.15. The van der Waals surface area contributed by atoms with Crippen molar-refractivity contribution in [2.75, 3.05) is 0 Å². The number of nitrogens with zero attached hydrogens (tertiary/aromatic N) is 1. The van der Waals surface area contributed by atoms with Gasteiger partial charge in [-0.25, -0.2) is 13.1 Å². The Morgan fingerprint density at radius 1 is 1.22 bits per heavy atom. The SMILES string of the molecule is O=S(=O)(NC1(Cc2ccc(Cl)cc2Cl)CCC1)c1cccnc1. The minimum Gasteiger partial charge on any atom is -0.263 e. The lowest BCUT2D eigenvalue weighted by molar-refractivity contribution is 0.220. The summed E-state index contributed by atoms with van der Waals surface area (Å²) >= 11 is 12.2. The first-order valence-corrected chi connectivity index (χ1v) is 9.52. The van der Waals surface area contributed by atoms with Crippen LogP contribution >= 0.6 is 23.2 Å². The lowest BCUT2D eigenvalue weighted by atomic mass is 9.74. The van der Waals surface area contributed by atoms with E-state index in [0.29, 0.717) is 16.5 Å². The maximum absolute atomic E-state index is 12.6. The van der Waals surface area contributed by atoms with Crippen molar-refractivity contribution in [2.45, 2.75) is 36.1 Å². The van der Waals surface area contributed by atoms with Crippen LogP contribution in [0.5, 0.6) is 0 Å². The number of hydrogen-bond acceptors (Lipinski definition) is 3. The van der Waals surface area contributed by atoms with Gasteiger partial charge in [0.25, 0.3) is 0 Å². The Hall–Kier alpha value is -1.14. The summed E-state index contributed by atoms with van der Waals surface area (Å²) in [5.74, 6) is 0. The molecule has 23 heavy (non-hydrogen) atoms. The van der Waals surface area contributed by atoms with Gasteiger partial charge >= 0.3 is 0 Å². The van der Waals surface area contributed by atoms with Gasteiger partial charge in [0.2, 0.25) is 10.0 Å². The number of hydrogen-bond donors (Lipinski definition) is 1. The lowest BCUT2D eigenvalue weighted by Crippen LogP contribution is -2.54. The van der Waals surface area contributed by atoms with E-state index >= 15 is 0 Å². The Morgan fingerprint density at radius 3 is 2.57 bits per heavy atom. The number of pyridine rings is 1. The largest absolute Gasteiger partial charge is 0.263 e. The molecule has 0 radical (unpaired) electrons. The summed E-state index contributed by atoms with van der Waals surface area (Å²) in [6.45, 7) is 0. The predicted molar refractivity (Wildman–Crippen MR) is 91.3 cm³/mol. The monoisotopic (exact) mass is 370 g/mol. The highest BCUT2D eigenvalue weighted by Gasteiger charge is 2.41. The average Bonchev–Trinajstić information content (AvgIpc) is 2.48. The molecule has 1 aliphatic carbocycles. The quantitative estimate of drug-likeness (QED) is 0.869. The Balaban J connectivity index is 1.84. The standard InChI is InChI=1S/C16H16Cl2N2O2S/c17-13-5-4-12(15(18)9-13)10-16(6-2-7-16)20-23(21,22)14-3-1-8-19-11-14/h1,3-5,8-9,11,20H,2,6-7,10H2. The summed E-state index contributed by atoms with van der Waals surface area (Å²) in [5, 5.41) is 1.13. The fourth-order valence-corrected chi connectivity index (χ4v) is 4.69. The minimum atomic E-state index is -3.60. The molecule has 1 aromatic carbocycles. The summed E-state index contributed by atoms with van der Waals surface area (Å²) in [7, 11) is -3.60. The normalized spacial score (nSPS) is 16.8. The molecule has 1 aliphatic rings. The van der Waals surface area contributed by atoms with Gasteiger partial charge in [-0.2, -0.15) is 0 Å². The Labute approximate surface area is 145 Å². The van der Waals surface area contributed by atoms with Gasteiger partial charge < -0.3 is 0 Å². The summed E-state index contributed by atoms with van der Waals surface area (Å²) < 4.78 is 28.0. The number of halogens is 2. The molecule has 122 valence electrons. The van der Waals surface area contributed by atoms with Gasteiger partial charge in [0.1, 0.15) is 4.90 Å². The molecule has 1 saturated carbocycles. The van der Waals surface area contributed by atoms with Gasteiger partial charge in [-0.05, 0) is 55.5 Å². The Morgan fingerprint density at radius 2 is 2.00 bits per heavy atom. The molecule has 1 heterocycles. The first-order valence-electron chi connectivity index (χ1n) is 7.28. The fourth-order valence-electron chi connectivity index (χ4n) is 2.80. The van der Waals surface area contributed by atoms with E-state index in [1.807, 2.05) is 6.07 Å². The maximum Gasteiger partial charge on any atom is 0.242 e. The molecule has 7 heteroatoms. The molecule has 0 aliphatic heterocycles. The van der Waals surface area contributed by atoms with Crippen molar-refractivity contribution in [2.24, 2.45) is 0 Å². The zero-order valence-electron chi connectivity index (χ0n) is 12.3. The first-order chi connectivity index (χ1) is 10.9. The number of sulfonamides is 1. The van der Waals surface area contributed by atoms with E-state index in [4.69, 9.17) is 23.2 Å². The highest BCUT2D eigenvalue weighted by atomic mass is 35.5. The smallest absolute Gasteiger partial charge is 0.242 e. The van der Waals surface area contributed by atoms with Crippen LogP contribution in [0.2, 0.25) is 10.0 Å². The molecular weight excluding hydrogens is 355 g/mol. The number of rotatable bonds is 5. The summed E-state index contributed by atoms with van der Waals surface area (Å²) in [5.41, 5.74) is 0.399. The number of nitrogens with one attached hydrogen (secondary N) is 1. The van der Waals surface area contributed by atoms with E-state index in [0.717, 1.165) is 24.8 Å². The first kappa shape index (κ1) is 16.7. The van der Waals surface area contributed by atoms with Crippen molar-refractivity contribution in [3.63, 3.8) is 0 Å². The number of aromatic nitrogens is 1. The fraction of sp³-hybridized carbons (Fsp3) is 0.312. The number of benzene rings is 1. The van der Waals surface area contributed by atoms with Crippen LogP contribution in [0.1, 0.15) is 24.8 Å². The van der Waals surface area contributed by atoms with Crippen LogP contribution in [-0.2, 0) is 16.4 Å². The van der Waals surface area contributed by atoms with E-state index in [1.54, 1.807) is 24.4 Å². The van der Waals surface area contributed by atoms with Crippen molar-refractivity contribution in [3.05, 3.63) is 58.3 Å². The van der Waals surface area contributed by atoms with Crippen molar-refractivity contribution < 1.29 is 8.42 Å². The van der Waals surface area contributed by atoms with Crippen molar-refractivity contribution >= 4 is 33.2 Å². The van der Waals surface area contributed by atoms with E-state index in [-0.39, 0.29) is 4.90 Å². The zero-order valence-corrected chi connectivity index (χ0v) is 14.6. The molecule has 1 fully saturated rings. The van der Waals surface area contributed by atoms with Gasteiger partial charge in [0, 0.05) is 28.0 Å². The average molecular weight is 371 g/mol. The van der Waals surface area contributed by atoms with Crippen molar-refractivity contribution in [3.8, 4) is 0 Å². The zero-order chi connectivity index (χ0) is 16.5. The van der Waals surface area contributed by atoms with Crippen LogP contribution < -0.4 is 4.72 Å². The van der Waals surface area contributed by atoms with Crippen LogP contribution in [0.4, 0.5) is 0 Å². The van der Waals surface area contributed by atoms with Crippen LogP contribution in [0, 0.1) is 0 Å². The van der Waals surface area contributed by atoms with Gasteiger partial charge in [-0.3, -0.25) is 4.98 Å². The van der Waals surface area contributed by atoms with Gasteiger partial charge in [0.15, 0.2) is 0 Å². The molecule has 0 atom stereocenters. The van der Waals surface area contributed by atoms with E-state index in [9.17, 15) is 8.42 Å². The predicted octanol–water partition coefficient (Wildman–Crippen LogP) is 3.83. The maximum atomic E-state index is 12.6. The molecule has 1 N–H and O–H groups in total. The van der Waals surface area contributed by atoms with Crippen LogP contribution in [0.25, 0.3) is 0 Å². The van der Waals surface area contributed by atoms with Crippen LogP contribution in [-0.4, -0.2) is 18.9 Å². The molecule has 0 unspecified atom stereocenters. The van der Waals surface area contributed by atoms with E-state index < -0.39 is 15.6 Å². The molecule has 2 aromatic rings. The van der Waals surface area contributed by atoms with Gasteiger partial charge in [-0.15, -0.1) is 0 Å².